The highest BCUT2D eigenvalue weighted by atomic mass is 16.6. The van der Waals surface area contributed by atoms with E-state index >= 15 is 0 Å². The SMILES string of the molecule is CCOc1ccccc1NC(=O)COC(=O)c1ccc2c(c1)OCCO2. The number of ether oxygens (including phenoxy) is 4. The first-order chi connectivity index (χ1) is 12.7. The first-order valence-corrected chi connectivity index (χ1v) is 8.26. The number of nitrogens with one attached hydrogen (secondary N) is 1. The Kier molecular flexibility index (Phi) is 5.58. The van der Waals surface area contributed by atoms with Crippen LogP contribution in [0.4, 0.5) is 5.69 Å². The number of para-hydroxylation sites is 2. The number of fused-ring (bicyclic) bond motifs is 1. The van der Waals surface area contributed by atoms with Crippen LogP contribution in [0.3, 0.4) is 0 Å². The molecule has 1 heterocycles. The van der Waals surface area contributed by atoms with Crippen molar-refractivity contribution in [2.45, 2.75) is 6.92 Å². The van der Waals surface area contributed by atoms with Crippen molar-refractivity contribution in [1.29, 1.82) is 0 Å². The van der Waals surface area contributed by atoms with Gasteiger partial charge in [0.1, 0.15) is 19.0 Å². The summed E-state index contributed by atoms with van der Waals surface area (Å²) in [5.74, 6) is 0.554. The average molecular weight is 357 g/mol. The summed E-state index contributed by atoms with van der Waals surface area (Å²) in [4.78, 5) is 24.2. The van der Waals surface area contributed by atoms with Crippen molar-refractivity contribution >= 4 is 17.6 Å². The molecule has 0 bridgehead atoms. The van der Waals surface area contributed by atoms with Gasteiger partial charge in [-0.15, -0.1) is 0 Å². The Labute approximate surface area is 150 Å². The predicted molar refractivity (Wildman–Crippen MR) is 94.0 cm³/mol. The quantitative estimate of drug-likeness (QED) is 0.801. The summed E-state index contributed by atoms with van der Waals surface area (Å²) in [5.41, 5.74) is 0.812. The van der Waals surface area contributed by atoms with E-state index < -0.39 is 18.5 Å². The molecule has 0 saturated carbocycles. The van der Waals surface area contributed by atoms with Crippen LogP contribution in [-0.4, -0.2) is 38.3 Å². The standard InChI is InChI=1S/C19H19NO6/c1-2-23-15-6-4-3-5-14(15)20-18(21)12-26-19(22)13-7-8-16-17(11-13)25-10-9-24-16/h3-8,11H,2,9-10,12H2,1H3,(H,20,21). The third kappa shape index (κ3) is 4.24. The Bertz CT molecular complexity index is 804. The zero-order chi connectivity index (χ0) is 18.4. The van der Waals surface area contributed by atoms with Gasteiger partial charge in [0.05, 0.1) is 17.9 Å². The molecule has 0 saturated heterocycles. The van der Waals surface area contributed by atoms with E-state index in [2.05, 4.69) is 5.32 Å². The monoisotopic (exact) mass is 357 g/mol. The van der Waals surface area contributed by atoms with Crippen LogP contribution in [0.2, 0.25) is 0 Å². The molecule has 136 valence electrons. The van der Waals surface area contributed by atoms with Crippen molar-refractivity contribution in [3.8, 4) is 17.2 Å². The lowest BCUT2D eigenvalue weighted by Crippen LogP contribution is -2.21. The molecule has 0 radical (unpaired) electrons. The molecule has 0 fully saturated rings. The Hall–Kier alpha value is -3.22. The number of esters is 1. The van der Waals surface area contributed by atoms with E-state index in [1.54, 1.807) is 36.4 Å². The number of hydrogen-bond donors (Lipinski definition) is 1. The van der Waals surface area contributed by atoms with Crippen LogP contribution in [0.15, 0.2) is 42.5 Å². The zero-order valence-electron chi connectivity index (χ0n) is 14.3. The zero-order valence-corrected chi connectivity index (χ0v) is 14.3. The van der Waals surface area contributed by atoms with Gasteiger partial charge in [-0.05, 0) is 37.3 Å². The maximum absolute atomic E-state index is 12.1. The first kappa shape index (κ1) is 17.6. The minimum Gasteiger partial charge on any atom is -0.492 e. The highest BCUT2D eigenvalue weighted by Crippen LogP contribution is 2.31. The normalized spacial score (nSPS) is 12.2. The molecule has 0 aromatic heterocycles. The van der Waals surface area contributed by atoms with Gasteiger partial charge < -0.3 is 24.3 Å². The first-order valence-electron chi connectivity index (χ1n) is 8.26. The van der Waals surface area contributed by atoms with Crippen LogP contribution in [0, 0.1) is 0 Å². The van der Waals surface area contributed by atoms with Crippen LogP contribution in [-0.2, 0) is 9.53 Å². The summed E-state index contributed by atoms with van der Waals surface area (Å²) in [7, 11) is 0. The molecule has 2 aromatic carbocycles. The summed E-state index contributed by atoms with van der Waals surface area (Å²) in [6, 6.07) is 11.8. The number of amides is 1. The minimum absolute atomic E-state index is 0.289. The number of anilines is 1. The van der Waals surface area contributed by atoms with Gasteiger partial charge >= 0.3 is 5.97 Å². The summed E-state index contributed by atoms with van der Waals surface area (Å²) in [6.07, 6.45) is 0. The lowest BCUT2D eigenvalue weighted by molar-refractivity contribution is -0.119. The largest absolute Gasteiger partial charge is 0.492 e. The van der Waals surface area contributed by atoms with E-state index in [1.165, 1.54) is 0 Å². The number of hydrogen-bond acceptors (Lipinski definition) is 6. The molecule has 0 aliphatic carbocycles. The summed E-state index contributed by atoms with van der Waals surface area (Å²) < 4.78 is 21.3. The van der Waals surface area contributed by atoms with Gasteiger partial charge in [-0.25, -0.2) is 4.79 Å². The van der Waals surface area contributed by atoms with E-state index in [4.69, 9.17) is 18.9 Å². The predicted octanol–water partition coefficient (Wildman–Crippen LogP) is 2.65. The topological polar surface area (TPSA) is 83.1 Å². The molecule has 1 amide bonds. The number of carbonyl (C=O) groups excluding carboxylic acids is 2. The van der Waals surface area contributed by atoms with E-state index in [0.717, 1.165) is 0 Å². The second-order valence-corrected chi connectivity index (χ2v) is 5.41. The second-order valence-electron chi connectivity index (χ2n) is 5.41. The number of rotatable bonds is 6. The van der Waals surface area contributed by atoms with Gasteiger partial charge in [-0.2, -0.15) is 0 Å². The smallest absolute Gasteiger partial charge is 0.338 e. The fourth-order valence-electron chi connectivity index (χ4n) is 2.42. The van der Waals surface area contributed by atoms with Crippen LogP contribution < -0.4 is 19.5 Å². The molecule has 3 rings (SSSR count). The lowest BCUT2D eigenvalue weighted by atomic mass is 10.2. The van der Waals surface area contributed by atoms with E-state index in [1.807, 2.05) is 13.0 Å². The molecule has 1 N–H and O–H groups in total. The van der Waals surface area contributed by atoms with Crippen LogP contribution in [0.1, 0.15) is 17.3 Å². The van der Waals surface area contributed by atoms with Crippen LogP contribution in [0.25, 0.3) is 0 Å². The van der Waals surface area contributed by atoms with Crippen molar-refractivity contribution in [1.82, 2.24) is 0 Å². The Morgan fingerprint density at radius 1 is 1.08 bits per heavy atom. The van der Waals surface area contributed by atoms with Gasteiger partial charge in [0, 0.05) is 0 Å². The minimum atomic E-state index is -0.616. The van der Waals surface area contributed by atoms with E-state index in [9.17, 15) is 9.59 Å². The summed E-state index contributed by atoms with van der Waals surface area (Å²) >= 11 is 0. The summed E-state index contributed by atoms with van der Waals surface area (Å²) in [5, 5.41) is 2.67. The molecule has 2 aromatic rings. The van der Waals surface area contributed by atoms with Crippen molar-refractivity contribution in [3.05, 3.63) is 48.0 Å². The molecular formula is C19H19NO6. The van der Waals surface area contributed by atoms with Crippen molar-refractivity contribution in [2.75, 3.05) is 31.7 Å². The second kappa shape index (κ2) is 8.24. The number of carbonyl (C=O) groups is 2. The molecule has 0 atom stereocenters. The highest BCUT2D eigenvalue weighted by Gasteiger charge is 2.17. The van der Waals surface area contributed by atoms with Gasteiger partial charge in [0.15, 0.2) is 18.1 Å². The van der Waals surface area contributed by atoms with Crippen molar-refractivity contribution < 1.29 is 28.5 Å². The maximum atomic E-state index is 12.1. The Morgan fingerprint density at radius 3 is 2.65 bits per heavy atom. The molecule has 1 aliphatic heterocycles. The van der Waals surface area contributed by atoms with Gasteiger partial charge in [0.25, 0.3) is 5.91 Å². The van der Waals surface area contributed by atoms with E-state index in [0.29, 0.717) is 42.8 Å². The summed E-state index contributed by atoms with van der Waals surface area (Å²) in [6.45, 7) is 2.82. The third-order valence-corrected chi connectivity index (χ3v) is 3.57. The molecule has 26 heavy (non-hydrogen) atoms. The molecular weight excluding hydrogens is 338 g/mol. The van der Waals surface area contributed by atoms with Gasteiger partial charge in [-0.3, -0.25) is 4.79 Å². The fourth-order valence-corrected chi connectivity index (χ4v) is 2.42. The Morgan fingerprint density at radius 2 is 1.85 bits per heavy atom. The lowest BCUT2D eigenvalue weighted by Gasteiger charge is -2.18. The van der Waals surface area contributed by atoms with Crippen molar-refractivity contribution in [2.24, 2.45) is 0 Å². The molecule has 0 unspecified atom stereocenters. The van der Waals surface area contributed by atoms with Crippen molar-refractivity contribution in [3.63, 3.8) is 0 Å². The molecule has 1 aliphatic rings. The maximum Gasteiger partial charge on any atom is 0.338 e. The highest BCUT2D eigenvalue weighted by molar-refractivity contribution is 5.96. The fraction of sp³-hybridized carbons (Fsp3) is 0.263. The Balaban J connectivity index is 1.57. The molecule has 7 nitrogen and oxygen atoms in total. The van der Waals surface area contributed by atoms with E-state index in [-0.39, 0.29) is 5.56 Å². The van der Waals surface area contributed by atoms with Gasteiger partial charge in [0.2, 0.25) is 0 Å². The number of benzene rings is 2. The van der Waals surface area contributed by atoms with Gasteiger partial charge in [-0.1, -0.05) is 12.1 Å². The third-order valence-electron chi connectivity index (χ3n) is 3.57. The van der Waals surface area contributed by atoms with Crippen LogP contribution in [0.5, 0.6) is 17.2 Å². The molecule has 7 heteroatoms. The average Bonchev–Trinajstić information content (AvgIpc) is 2.67. The van der Waals surface area contributed by atoms with Crippen LogP contribution >= 0.6 is 0 Å². The molecule has 0 spiro atoms.